The molecule has 1 aromatic rings. The lowest BCUT2D eigenvalue weighted by Gasteiger charge is -2.39. The van der Waals surface area contributed by atoms with Gasteiger partial charge in [-0.2, -0.15) is 0 Å². The Hall–Kier alpha value is -1.67. The summed E-state index contributed by atoms with van der Waals surface area (Å²) in [4.78, 5) is 30.2. The van der Waals surface area contributed by atoms with Crippen LogP contribution in [0.4, 0.5) is 0 Å². The molecule has 0 aliphatic carbocycles. The maximum Gasteiger partial charge on any atom is 0.236 e. The third kappa shape index (κ3) is 7.17. The van der Waals surface area contributed by atoms with Gasteiger partial charge in [0.2, 0.25) is 5.91 Å². The molecule has 0 spiro atoms. The molecule has 3 rings (SSSR count). The van der Waals surface area contributed by atoms with E-state index in [1.807, 2.05) is 6.20 Å². The summed E-state index contributed by atoms with van der Waals surface area (Å²) in [5.74, 6) is 2.50. The largest absolute Gasteiger partial charge is 0.357 e. The molecule has 31 heavy (non-hydrogen) atoms. The molecule has 0 aromatic carbocycles. The molecular formula is C23H40N6OS. The Bertz CT molecular complexity index is 717. The standard InChI is InChI=1S/C23H40N6OS/c1-5-20-14-26-21(31-20)7-8-25-23(24-6-2)28-11-9-27(10-12-28)17-22(30)29-15-18(3)13-19(4)16-29/h14,18-19H,5-13,15-17H2,1-4H3,(H,24,25). The zero-order valence-electron chi connectivity index (χ0n) is 19.8. The minimum absolute atomic E-state index is 0.294. The van der Waals surface area contributed by atoms with Crippen molar-refractivity contribution in [3.8, 4) is 0 Å². The molecule has 2 aliphatic rings. The molecule has 7 nitrogen and oxygen atoms in total. The van der Waals surface area contributed by atoms with Crippen LogP contribution in [-0.4, -0.2) is 90.5 Å². The first kappa shape index (κ1) is 24.0. The average molecular weight is 449 g/mol. The van der Waals surface area contributed by atoms with Crippen LogP contribution in [-0.2, 0) is 17.6 Å². The maximum absolute atomic E-state index is 12.8. The summed E-state index contributed by atoms with van der Waals surface area (Å²) in [5.41, 5.74) is 0. The Morgan fingerprint density at radius 2 is 1.87 bits per heavy atom. The smallest absolute Gasteiger partial charge is 0.236 e. The molecule has 1 amide bonds. The second-order valence-corrected chi connectivity index (χ2v) is 10.3. The highest BCUT2D eigenvalue weighted by Crippen LogP contribution is 2.21. The van der Waals surface area contributed by atoms with Crippen molar-refractivity contribution in [2.45, 2.75) is 47.0 Å². The lowest BCUT2D eigenvalue weighted by Crippen LogP contribution is -2.55. The van der Waals surface area contributed by atoms with Gasteiger partial charge in [-0.1, -0.05) is 20.8 Å². The molecule has 0 radical (unpaired) electrons. The number of aromatic nitrogens is 1. The Labute approximate surface area is 191 Å². The summed E-state index contributed by atoms with van der Waals surface area (Å²) in [7, 11) is 0. The van der Waals surface area contributed by atoms with E-state index in [1.54, 1.807) is 11.3 Å². The first-order valence-electron chi connectivity index (χ1n) is 11.9. The van der Waals surface area contributed by atoms with Crippen LogP contribution in [0.2, 0.25) is 0 Å². The number of aryl methyl sites for hydroxylation is 1. The predicted molar refractivity (Wildman–Crippen MR) is 129 cm³/mol. The van der Waals surface area contributed by atoms with Crippen LogP contribution in [0.15, 0.2) is 11.2 Å². The summed E-state index contributed by atoms with van der Waals surface area (Å²) in [6.07, 6.45) is 5.16. The summed E-state index contributed by atoms with van der Waals surface area (Å²) < 4.78 is 0. The molecule has 8 heteroatoms. The molecule has 3 heterocycles. The fourth-order valence-corrected chi connectivity index (χ4v) is 5.44. The number of likely N-dealkylation sites (tertiary alicyclic amines) is 1. The number of carbonyl (C=O) groups is 1. The number of piperazine rings is 1. The van der Waals surface area contributed by atoms with Crippen molar-refractivity contribution in [2.75, 3.05) is 58.9 Å². The number of thiazole rings is 1. The Kier molecular flexibility index (Phi) is 9.14. The average Bonchev–Trinajstić information content (AvgIpc) is 3.21. The topological polar surface area (TPSA) is 64.1 Å². The number of carbonyl (C=O) groups excluding carboxylic acids is 1. The van der Waals surface area contributed by atoms with Crippen LogP contribution in [0.3, 0.4) is 0 Å². The first-order valence-corrected chi connectivity index (χ1v) is 12.8. The molecule has 2 unspecified atom stereocenters. The van der Waals surface area contributed by atoms with Gasteiger partial charge in [0.15, 0.2) is 5.96 Å². The molecule has 174 valence electrons. The fourth-order valence-electron chi connectivity index (χ4n) is 4.59. The molecule has 2 aliphatic heterocycles. The van der Waals surface area contributed by atoms with Crippen molar-refractivity contribution in [2.24, 2.45) is 16.8 Å². The molecule has 2 atom stereocenters. The van der Waals surface area contributed by atoms with E-state index in [1.165, 1.54) is 16.3 Å². The van der Waals surface area contributed by atoms with E-state index in [2.05, 4.69) is 52.7 Å². The molecule has 0 saturated carbocycles. The van der Waals surface area contributed by atoms with Crippen LogP contribution in [0.25, 0.3) is 0 Å². The van der Waals surface area contributed by atoms with Crippen LogP contribution in [0.5, 0.6) is 0 Å². The normalized spacial score (nSPS) is 23.3. The fraction of sp³-hybridized carbons (Fsp3) is 0.783. The van der Waals surface area contributed by atoms with E-state index >= 15 is 0 Å². The van der Waals surface area contributed by atoms with Gasteiger partial charge in [-0.25, -0.2) is 4.98 Å². The Balaban J connectivity index is 1.46. The molecule has 1 N–H and O–H groups in total. The Morgan fingerprint density at radius 1 is 1.16 bits per heavy atom. The van der Waals surface area contributed by atoms with Crippen molar-refractivity contribution in [1.82, 2.24) is 25.0 Å². The van der Waals surface area contributed by atoms with E-state index in [9.17, 15) is 4.79 Å². The number of nitrogens with one attached hydrogen (secondary N) is 1. The van der Waals surface area contributed by atoms with Gasteiger partial charge in [0.25, 0.3) is 0 Å². The lowest BCUT2D eigenvalue weighted by atomic mass is 9.92. The Morgan fingerprint density at radius 3 is 2.48 bits per heavy atom. The number of piperidine rings is 1. The van der Waals surface area contributed by atoms with Crippen LogP contribution in [0, 0.1) is 11.8 Å². The summed E-state index contributed by atoms with van der Waals surface area (Å²) in [5, 5.41) is 4.60. The number of hydrogen-bond donors (Lipinski definition) is 1. The number of guanidine groups is 1. The summed E-state index contributed by atoms with van der Waals surface area (Å²) in [6.45, 7) is 16.4. The van der Waals surface area contributed by atoms with Crippen molar-refractivity contribution in [1.29, 1.82) is 0 Å². The highest BCUT2D eigenvalue weighted by molar-refractivity contribution is 7.11. The molecule has 1 aromatic heterocycles. The lowest BCUT2D eigenvalue weighted by molar-refractivity contribution is -0.135. The minimum Gasteiger partial charge on any atom is -0.357 e. The molecule has 2 fully saturated rings. The molecular weight excluding hydrogens is 408 g/mol. The summed E-state index contributed by atoms with van der Waals surface area (Å²) >= 11 is 1.79. The van der Waals surface area contributed by atoms with Crippen LogP contribution >= 0.6 is 11.3 Å². The van der Waals surface area contributed by atoms with Crippen LogP contribution in [0.1, 0.15) is 44.0 Å². The quantitative estimate of drug-likeness (QED) is 0.512. The highest BCUT2D eigenvalue weighted by atomic mass is 32.1. The zero-order chi connectivity index (χ0) is 22.2. The van der Waals surface area contributed by atoms with Gasteiger partial charge in [0.1, 0.15) is 0 Å². The maximum atomic E-state index is 12.8. The van der Waals surface area contributed by atoms with Crippen molar-refractivity contribution in [3.05, 3.63) is 16.1 Å². The summed E-state index contributed by atoms with van der Waals surface area (Å²) in [6, 6.07) is 0. The third-order valence-electron chi connectivity index (χ3n) is 6.12. The second-order valence-electron chi connectivity index (χ2n) is 9.07. The van der Waals surface area contributed by atoms with Gasteiger partial charge in [-0.05, 0) is 31.6 Å². The van der Waals surface area contributed by atoms with Gasteiger partial charge < -0.3 is 15.1 Å². The van der Waals surface area contributed by atoms with E-state index in [0.29, 0.717) is 24.3 Å². The van der Waals surface area contributed by atoms with Crippen LogP contribution < -0.4 is 5.32 Å². The number of nitrogens with zero attached hydrogens (tertiary/aromatic N) is 5. The minimum atomic E-state index is 0.294. The zero-order valence-corrected chi connectivity index (χ0v) is 20.6. The second kappa shape index (κ2) is 11.8. The number of amides is 1. The van der Waals surface area contributed by atoms with E-state index in [-0.39, 0.29) is 0 Å². The number of rotatable bonds is 7. The van der Waals surface area contributed by atoms with Crippen molar-refractivity contribution in [3.63, 3.8) is 0 Å². The monoisotopic (exact) mass is 448 g/mol. The van der Waals surface area contributed by atoms with Crippen molar-refractivity contribution >= 4 is 23.2 Å². The first-order chi connectivity index (χ1) is 15.0. The third-order valence-corrected chi connectivity index (χ3v) is 7.33. The van der Waals surface area contributed by atoms with E-state index < -0.39 is 0 Å². The van der Waals surface area contributed by atoms with E-state index in [4.69, 9.17) is 4.99 Å². The highest BCUT2D eigenvalue weighted by Gasteiger charge is 2.28. The predicted octanol–water partition coefficient (Wildman–Crippen LogP) is 2.34. The van der Waals surface area contributed by atoms with Gasteiger partial charge in [0.05, 0.1) is 11.6 Å². The van der Waals surface area contributed by atoms with Gasteiger partial charge in [0, 0.05) is 69.9 Å². The molecule has 0 bridgehead atoms. The SMILES string of the molecule is CCNC(=NCCc1ncc(CC)s1)N1CCN(CC(=O)N2CC(C)CC(C)C2)CC1. The van der Waals surface area contributed by atoms with Gasteiger partial charge >= 0.3 is 0 Å². The number of hydrogen-bond acceptors (Lipinski definition) is 5. The van der Waals surface area contributed by atoms with Gasteiger partial charge in [-0.3, -0.25) is 14.7 Å². The van der Waals surface area contributed by atoms with E-state index in [0.717, 1.165) is 71.2 Å². The number of aliphatic imine (C=N–C) groups is 1. The molecule has 2 saturated heterocycles. The van der Waals surface area contributed by atoms with Gasteiger partial charge in [-0.15, -0.1) is 11.3 Å². The van der Waals surface area contributed by atoms with Crippen molar-refractivity contribution < 1.29 is 4.79 Å².